The van der Waals surface area contributed by atoms with Gasteiger partial charge in [0.2, 0.25) is 10.0 Å². The lowest BCUT2D eigenvalue weighted by Crippen LogP contribution is -2.55. The minimum absolute atomic E-state index is 0.106. The molecule has 0 saturated heterocycles. The van der Waals surface area contributed by atoms with Gasteiger partial charge in [-0.25, -0.2) is 18.4 Å². The van der Waals surface area contributed by atoms with E-state index in [0.717, 1.165) is 23.4 Å². The van der Waals surface area contributed by atoms with Gasteiger partial charge in [-0.05, 0) is 80.5 Å². The van der Waals surface area contributed by atoms with Crippen LogP contribution in [0.4, 0.5) is 23.0 Å². The van der Waals surface area contributed by atoms with Gasteiger partial charge in [-0.1, -0.05) is 13.8 Å². The van der Waals surface area contributed by atoms with E-state index >= 15 is 0 Å². The molecule has 1 aromatic heterocycles. The molecule has 33 heavy (non-hydrogen) atoms. The zero-order chi connectivity index (χ0) is 23.2. The van der Waals surface area contributed by atoms with Gasteiger partial charge in [0.1, 0.15) is 12.0 Å². The summed E-state index contributed by atoms with van der Waals surface area (Å²) in [5.41, 5.74) is 7.80. The summed E-state index contributed by atoms with van der Waals surface area (Å²) in [4.78, 5) is 9.08. The fourth-order valence-corrected chi connectivity index (χ4v) is 8.13. The number of benzene rings is 1. The molecule has 4 aliphatic rings. The number of anilines is 4. The lowest BCUT2D eigenvalue weighted by atomic mass is 9.53. The van der Waals surface area contributed by atoms with E-state index in [9.17, 15) is 8.42 Å². The normalized spacial score (nSPS) is 28.3. The number of nitrogens with two attached hydrogens (primary N) is 1. The van der Waals surface area contributed by atoms with Gasteiger partial charge in [-0.15, -0.1) is 0 Å². The van der Waals surface area contributed by atoms with Gasteiger partial charge < -0.3 is 16.4 Å². The molecule has 4 aliphatic carbocycles. The molecule has 9 heteroatoms. The fraction of sp³-hybridized carbons (Fsp3) is 0.583. The smallest absolute Gasteiger partial charge is 0.243 e. The Kier molecular flexibility index (Phi) is 5.73. The number of nitrogens with one attached hydrogen (secondary N) is 2. The van der Waals surface area contributed by atoms with Crippen molar-refractivity contribution in [1.82, 2.24) is 14.3 Å². The Bertz CT molecular complexity index is 1080. The maximum Gasteiger partial charge on any atom is 0.243 e. The van der Waals surface area contributed by atoms with Gasteiger partial charge >= 0.3 is 0 Å². The van der Waals surface area contributed by atoms with E-state index in [-0.39, 0.29) is 10.4 Å². The third-order valence-electron chi connectivity index (χ3n) is 7.77. The largest absolute Gasteiger partial charge is 0.393 e. The third-order valence-corrected chi connectivity index (χ3v) is 9.83. The Balaban J connectivity index is 1.33. The highest BCUT2D eigenvalue weighted by atomic mass is 32.2. The first-order valence-corrected chi connectivity index (χ1v) is 13.5. The van der Waals surface area contributed by atoms with Gasteiger partial charge in [-0.3, -0.25) is 0 Å². The highest BCUT2D eigenvalue weighted by Crippen LogP contribution is 2.56. The summed E-state index contributed by atoms with van der Waals surface area (Å²) in [6.45, 7) is 4.55. The van der Waals surface area contributed by atoms with Crippen molar-refractivity contribution in [3.05, 3.63) is 30.6 Å². The van der Waals surface area contributed by atoms with Crippen molar-refractivity contribution >= 4 is 33.0 Å². The summed E-state index contributed by atoms with van der Waals surface area (Å²) < 4.78 is 26.9. The third kappa shape index (κ3) is 4.17. The number of rotatable bonds is 8. The second kappa shape index (κ2) is 8.43. The number of aromatic nitrogens is 2. The van der Waals surface area contributed by atoms with Crippen molar-refractivity contribution in [3.8, 4) is 0 Å². The van der Waals surface area contributed by atoms with Crippen LogP contribution in [-0.2, 0) is 10.0 Å². The maximum atomic E-state index is 12.7. The second-order valence-electron chi connectivity index (χ2n) is 10.0. The lowest BCUT2D eigenvalue weighted by Gasteiger charge is -2.57. The number of nitrogens with zero attached hydrogens (tertiary/aromatic N) is 3. The first-order valence-electron chi connectivity index (χ1n) is 12.1. The average molecular weight is 471 g/mol. The van der Waals surface area contributed by atoms with Crippen LogP contribution in [0, 0.1) is 17.8 Å². The molecule has 1 heterocycles. The standard InChI is InChI=1S/C24H34N6O2S/c1-3-30(4-2)33(31,32)20-7-5-19(6-8-20)28-22-21(25)23(27-15-26-22)29-24-12-16-9-17(13-24)11-18(10-16)14-24/h5-8,15-18H,3-4,9-14,25H2,1-2H3,(H2,26,27,28,29). The predicted octanol–water partition coefficient (Wildman–Crippen LogP) is 4.21. The van der Waals surface area contributed by atoms with Crippen LogP contribution >= 0.6 is 0 Å². The molecule has 178 valence electrons. The molecule has 2 aromatic rings. The number of nitrogen functional groups attached to an aromatic ring is 1. The summed E-state index contributed by atoms with van der Waals surface area (Å²) in [7, 11) is -3.49. The monoisotopic (exact) mass is 470 g/mol. The molecule has 4 N–H and O–H groups in total. The maximum absolute atomic E-state index is 12.7. The number of hydrogen-bond acceptors (Lipinski definition) is 7. The van der Waals surface area contributed by atoms with Gasteiger partial charge in [0.15, 0.2) is 11.6 Å². The molecular weight excluding hydrogens is 436 g/mol. The van der Waals surface area contributed by atoms with E-state index in [2.05, 4.69) is 20.6 Å². The summed E-state index contributed by atoms with van der Waals surface area (Å²) in [5, 5.41) is 6.97. The zero-order valence-corrected chi connectivity index (χ0v) is 20.2. The van der Waals surface area contributed by atoms with Crippen LogP contribution in [0.15, 0.2) is 35.5 Å². The molecule has 8 nitrogen and oxygen atoms in total. The minimum atomic E-state index is -3.49. The van der Waals surface area contributed by atoms with E-state index in [0.29, 0.717) is 30.4 Å². The Hall–Kier alpha value is -2.39. The second-order valence-corrected chi connectivity index (χ2v) is 12.0. The van der Waals surface area contributed by atoms with Crippen LogP contribution in [0.25, 0.3) is 0 Å². The average Bonchev–Trinajstić information content (AvgIpc) is 2.76. The van der Waals surface area contributed by atoms with Crippen molar-refractivity contribution in [2.24, 2.45) is 17.8 Å². The van der Waals surface area contributed by atoms with Crippen molar-refractivity contribution in [3.63, 3.8) is 0 Å². The van der Waals surface area contributed by atoms with E-state index < -0.39 is 10.0 Å². The van der Waals surface area contributed by atoms with Crippen LogP contribution < -0.4 is 16.4 Å². The Morgan fingerprint density at radius 3 is 2.06 bits per heavy atom. The number of sulfonamides is 1. The van der Waals surface area contributed by atoms with E-state index in [1.807, 2.05) is 13.8 Å². The molecule has 4 bridgehead atoms. The van der Waals surface area contributed by atoms with Crippen LogP contribution in [-0.4, -0.2) is 41.3 Å². The van der Waals surface area contributed by atoms with E-state index in [4.69, 9.17) is 5.73 Å². The van der Waals surface area contributed by atoms with Crippen molar-refractivity contribution in [2.75, 3.05) is 29.5 Å². The number of hydrogen-bond donors (Lipinski definition) is 3. The summed E-state index contributed by atoms with van der Waals surface area (Å²) in [6.07, 6.45) is 9.28. The van der Waals surface area contributed by atoms with Gasteiger partial charge in [0.05, 0.1) is 4.90 Å². The van der Waals surface area contributed by atoms with Crippen molar-refractivity contribution in [2.45, 2.75) is 62.8 Å². The van der Waals surface area contributed by atoms with Crippen LogP contribution in [0.5, 0.6) is 0 Å². The first-order chi connectivity index (χ1) is 15.8. The molecule has 0 unspecified atom stereocenters. The summed E-state index contributed by atoms with van der Waals surface area (Å²) >= 11 is 0. The highest BCUT2D eigenvalue weighted by Gasteiger charge is 2.51. The van der Waals surface area contributed by atoms with E-state index in [1.165, 1.54) is 49.2 Å². The molecule has 0 radical (unpaired) electrons. The molecule has 6 rings (SSSR count). The van der Waals surface area contributed by atoms with E-state index in [1.54, 1.807) is 24.3 Å². The Morgan fingerprint density at radius 2 is 1.52 bits per heavy atom. The lowest BCUT2D eigenvalue weighted by molar-refractivity contribution is 0.0106. The van der Waals surface area contributed by atoms with Crippen LogP contribution in [0.1, 0.15) is 52.4 Å². The molecule has 0 spiro atoms. The van der Waals surface area contributed by atoms with Crippen LogP contribution in [0.2, 0.25) is 0 Å². The van der Waals surface area contributed by atoms with Gasteiger partial charge in [-0.2, -0.15) is 4.31 Å². The molecule has 0 atom stereocenters. The topological polar surface area (TPSA) is 113 Å². The molecule has 1 aromatic carbocycles. The first kappa shape index (κ1) is 22.4. The van der Waals surface area contributed by atoms with Gasteiger partial charge in [0, 0.05) is 24.3 Å². The minimum Gasteiger partial charge on any atom is -0.393 e. The molecule has 4 fully saturated rings. The Labute approximate surface area is 196 Å². The molecular formula is C24H34N6O2S. The molecule has 0 aliphatic heterocycles. The van der Waals surface area contributed by atoms with Crippen molar-refractivity contribution in [1.29, 1.82) is 0 Å². The highest BCUT2D eigenvalue weighted by molar-refractivity contribution is 7.89. The summed E-state index contributed by atoms with van der Waals surface area (Å²) in [5.74, 6) is 3.70. The predicted molar refractivity (Wildman–Crippen MR) is 131 cm³/mol. The van der Waals surface area contributed by atoms with Crippen molar-refractivity contribution < 1.29 is 8.42 Å². The molecule has 0 amide bonds. The summed E-state index contributed by atoms with van der Waals surface area (Å²) in [6, 6.07) is 6.71. The molecule has 4 saturated carbocycles. The van der Waals surface area contributed by atoms with Crippen LogP contribution in [0.3, 0.4) is 0 Å². The Morgan fingerprint density at radius 1 is 0.970 bits per heavy atom. The fourth-order valence-electron chi connectivity index (χ4n) is 6.67. The zero-order valence-electron chi connectivity index (χ0n) is 19.4. The SMILES string of the molecule is CCN(CC)S(=O)(=O)c1ccc(Nc2ncnc(NC34CC5CC(CC(C5)C3)C4)c2N)cc1. The van der Waals surface area contributed by atoms with Gasteiger partial charge in [0.25, 0.3) is 0 Å². The quantitative estimate of drug-likeness (QED) is 0.529.